The fraction of sp³-hybridized carbons (Fsp3) is 0.600. The molecule has 1 saturated carbocycles. The zero-order chi connectivity index (χ0) is 23.8. The van der Waals surface area contributed by atoms with Crippen LogP contribution < -0.4 is 9.47 Å². The predicted octanol–water partition coefficient (Wildman–Crippen LogP) is 8.84. The molecular formula is C30H45O2P. The Labute approximate surface area is 205 Å². The van der Waals surface area contributed by atoms with Crippen molar-refractivity contribution in [1.29, 1.82) is 0 Å². The fourth-order valence-electron chi connectivity index (χ4n) is 5.06. The molecule has 3 rings (SSSR count). The monoisotopic (exact) mass is 468 g/mol. The van der Waals surface area contributed by atoms with Crippen molar-refractivity contribution in [2.75, 3.05) is 13.2 Å². The van der Waals surface area contributed by atoms with Crippen molar-refractivity contribution >= 4 is 9.24 Å². The lowest BCUT2D eigenvalue weighted by Crippen LogP contribution is -2.26. The molecule has 0 heterocycles. The molecule has 0 N–H and O–H groups in total. The maximum absolute atomic E-state index is 6.42. The van der Waals surface area contributed by atoms with E-state index in [4.69, 9.17) is 9.47 Å². The third-order valence-corrected chi connectivity index (χ3v) is 8.64. The minimum atomic E-state index is 0.274. The third kappa shape index (κ3) is 6.75. The normalized spacial score (nSPS) is 18.8. The molecule has 0 aromatic heterocycles. The van der Waals surface area contributed by atoms with Crippen molar-refractivity contribution in [3.63, 3.8) is 0 Å². The second-order valence-corrected chi connectivity index (χ2v) is 10.7. The van der Waals surface area contributed by atoms with Gasteiger partial charge in [-0.2, -0.15) is 0 Å². The first-order valence-electron chi connectivity index (χ1n) is 13.1. The number of hydrogen-bond acceptors (Lipinski definition) is 2. The molecule has 1 unspecified atom stereocenters. The smallest absolute Gasteiger partial charge is 0.123 e. The molecule has 1 aliphatic carbocycles. The van der Waals surface area contributed by atoms with Gasteiger partial charge in [-0.05, 0) is 104 Å². The molecule has 0 radical (unpaired) electrons. The van der Waals surface area contributed by atoms with Crippen LogP contribution in [-0.4, -0.2) is 13.2 Å². The molecule has 2 nitrogen and oxygen atoms in total. The van der Waals surface area contributed by atoms with Gasteiger partial charge in [0, 0.05) is 5.41 Å². The van der Waals surface area contributed by atoms with E-state index < -0.39 is 0 Å². The molecular weight excluding hydrogens is 423 g/mol. The van der Waals surface area contributed by atoms with Crippen LogP contribution in [0.1, 0.15) is 83.8 Å². The zero-order valence-corrected chi connectivity index (χ0v) is 22.7. The number of benzene rings is 2. The van der Waals surface area contributed by atoms with Gasteiger partial charge in [0.2, 0.25) is 0 Å². The van der Waals surface area contributed by atoms with Gasteiger partial charge in [0.25, 0.3) is 0 Å². The average molecular weight is 469 g/mol. The van der Waals surface area contributed by atoms with Crippen LogP contribution in [0.3, 0.4) is 0 Å². The largest absolute Gasteiger partial charge is 0.493 e. The molecule has 0 bridgehead atoms. The summed E-state index contributed by atoms with van der Waals surface area (Å²) in [5.74, 6) is 3.62. The quantitative estimate of drug-likeness (QED) is 0.307. The lowest BCUT2D eigenvalue weighted by atomic mass is 9.81. The Morgan fingerprint density at radius 3 is 2.12 bits per heavy atom. The summed E-state index contributed by atoms with van der Waals surface area (Å²) in [5, 5.41) is 0. The van der Waals surface area contributed by atoms with Gasteiger partial charge >= 0.3 is 0 Å². The maximum atomic E-state index is 6.42. The lowest BCUT2D eigenvalue weighted by molar-refractivity contribution is 0.127. The van der Waals surface area contributed by atoms with Gasteiger partial charge in [-0.15, -0.1) is 9.24 Å². The molecule has 3 heteroatoms. The van der Waals surface area contributed by atoms with Crippen LogP contribution in [0.15, 0.2) is 36.4 Å². The van der Waals surface area contributed by atoms with Gasteiger partial charge in [-0.25, -0.2) is 0 Å². The molecule has 0 amide bonds. The van der Waals surface area contributed by atoms with Gasteiger partial charge in [-0.3, -0.25) is 0 Å². The van der Waals surface area contributed by atoms with Crippen LogP contribution in [0.5, 0.6) is 11.5 Å². The zero-order valence-electron chi connectivity index (χ0n) is 21.6. The molecule has 1 atom stereocenters. The Hall–Kier alpha value is -1.53. The highest BCUT2D eigenvalue weighted by Crippen LogP contribution is 2.36. The van der Waals surface area contributed by atoms with Crippen molar-refractivity contribution in [3.05, 3.63) is 47.5 Å². The van der Waals surface area contributed by atoms with Crippen molar-refractivity contribution in [1.82, 2.24) is 0 Å². The van der Waals surface area contributed by atoms with Crippen molar-refractivity contribution in [2.24, 2.45) is 17.3 Å². The standard InChI is InChI=1S/C30H45O2P/c1-6-30(7-2,8-3)21-32-29-17-23(5)28(18-26(29)20-33)25-13-15-27(16-14-25)31-19-24-11-9-22(4)10-12-24/h13-18,22,24H,6-12,19-21,33H2,1-5H3. The second kappa shape index (κ2) is 12.3. The van der Waals surface area contributed by atoms with Gasteiger partial charge in [-0.1, -0.05) is 52.7 Å². The summed E-state index contributed by atoms with van der Waals surface area (Å²) < 4.78 is 12.6. The van der Waals surface area contributed by atoms with Gasteiger partial charge in [0.05, 0.1) is 13.2 Å². The van der Waals surface area contributed by atoms with E-state index in [9.17, 15) is 0 Å². The minimum absolute atomic E-state index is 0.274. The van der Waals surface area contributed by atoms with Crippen molar-refractivity contribution in [3.8, 4) is 22.6 Å². The highest BCUT2D eigenvalue weighted by atomic mass is 31.0. The highest BCUT2D eigenvalue weighted by molar-refractivity contribution is 7.15. The molecule has 0 spiro atoms. The van der Waals surface area contributed by atoms with E-state index in [0.29, 0.717) is 5.92 Å². The molecule has 1 fully saturated rings. The number of aryl methyl sites for hydroxylation is 1. The van der Waals surface area contributed by atoms with Gasteiger partial charge in [0.1, 0.15) is 11.5 Å². The van der Waals surface area contributed by atoms with Gasteiger partial charge < -0.3 is 9.47 Å². The number of ether oxygens (including phenoxy) is 2. The topological polar surface area (TPSA) is 18.5 Å². The molecule has 0 aliphatic heterocycles. The number of rotatable bonds is 11. The summed E-state index contributed by atoms with van der Waals surface area (Å²) in [6.07, 6.45) is 9.66. The van der Waals surface area contributed by atoms with E-state index in [1.807, 2.05) is 0 Å². The van der Waals surface area contributed by atoms with E-state index in [1.165, 1.54) is 47.9 Å². The van der Waals surface area contributed by atoms with E-state index in [0.717, 1.165) is 56.1 Å². The Balaban J connectivity index is 1.68. The molecule has 2 aromatic rings. The van der Waals surface area contributed by atoms with Crippen molar-refractivity contribution in [2.45, 2.75) is 85.7 Å². The first-order valence-corrected chi connectivity index (χ1v) is 13.9. The summed E-state index contributed by atoms with van der Waals surface area (Å²) in [5.41, 5.74) is 5.30. The Morgan fingerprint density at radius 1 is 0.909 bits per heavy atom. The third-order valence-electron chi connectivity index (χ3n) is 8.20. The summed E-state index contributed by atoms with van der Waals surface area (Å²) in [6, 6.07) is 13.2. The Kier molecular flexibility index (Phi) is 9.69. The Bertz CT molecular complexity index is 853. The van der Waals surface area contributed by atoms with E-state index >= 15 is 0 Å². The predicted molar refractivity (Wildman–Crippen MR) is 145 cm³/mol. The number of hydrogen-bond donors (Lipinski definition) is 0. The minimum Gasteiger partial charge on any atom is -0.493 e. The molecule has 2 aromatic carbocycles. The van der Waals surface area contributed by atoms with Crippen LogP contribution >= 0.6 is 9.24 Å². The first-order chi connectivity index (χ1) is 15.9. The van der Waals surface area contributed by atoms with Crippen LogP contribution in [0, 0.1) is 24.2 Å². The fourth-order valence-corrected chi connectivity index (χ4v) is 5.38. The first kappa shape index (κ1) is 26.1. The molecule has 0 saturated heterocycles. The van der Waals surface area contributed by atoms with Crippen molar-refractivity contribution < 1.29 is 9.47 Å². The summed E-state index contributed by atoms with van der Waals surface area (Å²) in [7, 11) is 2.87. The molecule has 1 aliphatic rings. The SMILES string of the molecule is CCC(CC)(CC)COc1cc(C)c(-c2ccc(OCC3CCC(C)CC3)cc2)cc1CP. The van der Waals surface area contributed by atoms with Crippen LogP contribution in [-0.2, 0) is 6.16 Å². The van der Waals surface area contributed by atoms with Crippen LogP contribution in [0.25, 0.3) is 11.1 Å². The van der Waals surface area contributed by atoms with E-state index in [1.54, 1.807) is 0 Å². The molecule has 33 heavy (non-hydrogen) atoms. The summed E-state index contributed by atoms with van der Waals surface area (Å²) in [4.78, 5) is 0. The van der Waals surface area contributed by atoms with E-state index in [2.05, 4.69) is 80.3 Å². The average Bonchev–Trinajstić information content (AvgIpc) is 2.85. The second-order valence-electron chi connectivity index (χ2n) is 10.3. The van der Waals surface area contributed by atoms with E-state index in [-0.39, 0.29) is 5.41 Å². The highest BCUT2D eigenvalue weighted by Gasteiger charge is 2.25. The molecule has 182 valence electrons. The Morgan fingerprint density at radius 2 is 1.55 bits per heavy atom. The summed E-state index contributed by atoms with van der Waals surface area (Å²) in [6.45, 7) is 13.0. The van der Waals surface area contributed by atoms with Crippen LogP contribution in [0.2, 0.25) is 0 Å². The van der Waals surface area contributed by atoms with Crippen LogP contribution in [0.4, 0.5) is 0 Å². The lowest BCUT2D eigenvalue weighted by Gasteiger charge is -2.30. The summed E-state index contributed by atoms with van der Waals surface area (Å²) >= 11 is 0. The maximum Gasteiger partial charge on any atom is 0.123 e. The van der Waals surface area contributed by atoms with Gasteiger partial charge in [0.15, 0.2) is 0 Å².